The van der Waals surface area contributed by atoms with E-state index < -0.39 is 22.6 Å². The summed E-state index contributed by atoms with van der Waals surface area (Å²) in [6.45, 7) is 0. The van der Waals surface area contributed by atoms with Crippen LogP contribution < -0.4 is 10.9 Å². The molecule has 98 valence electrons. The number of amides is 1. The SMILES string of the molecule is O=C(O)C1=C(c2c(O)c(=O)c2=O)CSC2CC(=O)N12. The van der Waals surface area contributed by atoms with Crippen LogP contribution in [0, 0.1) is 0 Å². The molecule has 0 aromatic heterocycles. The third kappa shape index (κ3) is 1.40. The number of hydrogen-bond acceptors (Lipinski definition) is 6. The van der Waals surface area contributed by atoms with E-state index in [4.69, 9.17) is 0 Å². The Bertz CT molecular complexity index is 726. The molecule has 0 aliphatic carbocycles. The summed E-state index contributed by atoms with van der Waals surface area (Å²) in [5.74, 6) is -2.23. The van der Waals surface area contributed by atoms with Crippen LogP contribution >= 0.6 is 11.8 Å². The number of thioether (sulfide) groups is 1. The molecule has 0 radical (unpaired) electrons. The van der Waals surface area contributed by atoms with E-state index in [2.05, 4.69) is 0 Å². The van der Waals surface area contributed by atoms with Crippen LogP contribution in [0.3, 0.4) is 0 Å². The van der Waals surface area contributed by atoms with Gasteiger partial charge in [-0.05, 0) is 0 Å². The first-order chi connectivity index (χ1) is 8.93. The van der Waals surface area contributed by atoms with Crippen molar-refractivity contribution < 1.29 is 19.8 Å². The molecular formula is C11H7NO6S. The van der Waals surface area contributed by atoms with Crippen LogP contribution in [0.5, 0.6) is 5.75 Å². The van der Waals surface area contributed by atoms with Crippen LogP contribution in [0.2, 0.25) is 0 Å². The van der Waals surface area contributed by atoms with Gasteiger partial charge in [0, 0.05) is 11.3 Å². The minimum absolute atomic E-state index is 0.0453. The summed E-state index contributed by atoms with van der Waals surface area (Å²) in [4.78, 5) is 46.3. The van der Waals surface area contributed by atoms with E-state index in [1.165, 1.54) is 11.8 Å². The average molecular weight is 281 g/mol. The Morgan fingerprint density at radius 2 is 1.95 bits per heavy atom. The van der Waals surface area contributed by atoms with Crippen LogP contribution in [-0.2, 0) is 9.59 Å². The minimum atomic E-state index is -1.35. The second kappa shape index (κ2) is 3.70. The van der Waals surface area contributed by atoms with Crippen molar-refractivity contribution in [2.45, 2.75) is 11.8 Å². The Kier molecular flexibility index (Phi) is 2.33. The van der Waals surface area contributed by atoms with Crippen LogP contribution in [0.4, 0.5) is 0 Å². The third-order valence-electron chi connectivity index (χ3n) is 3.24. The highest BCUT2D eigenvalue weighted by molar-refractivity contribution is 8.00. The zero-order valence-electron chi connectivity index (χ0n) is 9.37. The lowest BCUT2D eigenvalue weighted by molar-refractivity contribution is -0.145. The molecule has 7 nitrogen and oxygen atoms in total. The summed E-state index contributed by atoms with van der Waals surface area (Å²) in [5.41, 5.74) is -2.45. The molecule has 2 N–H and O–H groups in total. The van der Waals surface area contributed by atoms with Gasteiger partial charge in [0.15, 0.2) is 5.75 Å². The van der Waals surface area contributed by atoms with Crippen LogP contribution in [-0.4, -0.2) is 38.1 Å². The van der Waals surface area contributed by atoms with Gasteiger partial charge in [-0.2, -0.15) is 0 Å². The molecule has 19 heavy (non-hydrogen) atoms. The van der Waals surface area contributed by atoms with E-state index in [0.717, 1.165) is 4.90 Å². The molecule has 1 amide bonds. The molecule has 0 bridgehead atoms. The fourth-order valence-electron chi connectivity index (χ4n) is 2.26. The highest BCUT2D eigenvalue weighted by Gasteiger charge is 2.46. The number of aromatic hydroxyl groups is 1. The van der Waals surface area contributed by atoms with Gasteiger partial charge in [0.25, 0.3) is 5.43 Å². The molecule has 0 saturated carbocycles. The summed E-state index contributed by atoms with van der Waals surface area (Å²) in [6.07, 6.45) is 0.257. The Hall–Kier alpha value is -2.09. The quantitative estimate of drug-likeness (QED) is 0.533. The molecule has 1 atom stereocenters. The Morgan fingerprint density at radius 1 is 1.26 bits per heavy atom. The summed E-state index contributed by atoms with van der Waals surface area (Å²) >= 11 is 1.30. The fraction of sp³-hybridized carbons (Fsp3) is 0.273. The van der Waals surface area contributed by atoms with Crippen LogP contribution in [0.25, 0.3) is 5.57 Å². The molecule has 1 aromatic rings. The van der Waals surface area contributed by atoms with Crippen molar-refractivity contribution in [2.75, 3.05) is 5.75 Å². The van der Waals surface area contributed by atoms with E-state index in [9.17, 15) is 29.4 Å². The summed E-state index contributed by atoms with van der Waals surface area (Å²) < 4.78 is 0. The van der Waals surface area contributed by atoms with Crippen LogP contribution in [0.15, 0.2) is 15.3 Å². The van der Waals surface area contributed by atoms with Gasteiger partial charge in [0.05, 0.1) is 17.4 Å². The van der Waals surface area contributed by atoms with Crippen LogP contribution in [0.1, 0.15) is 12.0 Å². The second-order valence-corrected chi connectivity index (χ2v) is 5.41. The van der Waals surface area contributed by atoms with Crippen molar-refractivity contribution in [3.8, 4) is 5.75 Å². The lowest BCUT2D eigenvalue weighted by Gasteiger charge is -2.44. The topological polar surface area (TPSA) is 112 Å². The lowest BCUT2D eigenvalue weighted by Crippen LogP contribution is -2.54. The maximum absolute atomic E-state index is 11.5. The van der Waals surface area contributed by atoms with E-state index in [0.29, 0.717) is 0 Å². The first-order valence-corrected chi connectivity index (χ1v) is 6.41. The highest BCUT2D eigenvalue weighted by Crippen LogP contribution is 2.43. The van der Waals surface area contributed by atoms with Crippen molar-refractivity contribution in [1.82, 2.24) is 4.90 Å². The van der Waals surface area contributed by atoms with Crippen molar-refractivity contribution >= 4 is 29.2 Å². The Labute approximate surface area is 109 Å². The predicted molar refractivity (Wildman–Crippen MR) is 65.3 cm³/mol. The molecule has 2 heterocycles. The molecule has 0 spiro atoms. The highest BCUT2D eigenvalue weighted by atomic mass is 32.2. The second-order valence-electron chi connectivity index (χ2n) is 4.25. The molecule has 3 rings (SSSR count). The number of carbonyl (C=O) groups excluding carboxylic acids is 1. The van der Waals surface area contributed by atoms with Gasteiger partial charge in [-0.25, -0.2) is 4.79 Å². The summed E-state index contributed by atoms with van der Waals surface area (Å²) in [5, 5.41) is 18.4. The van der Waals surface area contributed by atoms with Gasteiger partial charge in [-0.3, -0.25) is 19.3 Å². The fourth-order valence-corrected chi connectivity index (χ4v) is 3.54. The monoisotopic (exact) mass is 281 g/mol. The van der Waals surface area contributed by atoms with Crippen molar-refractivity contribution in [1.29, 1.82) is 0 Å². The van der Waals surface area contributed by atoms with Gasteiger partial charge < -0.3 is 10.2 Å². The Balaban J connectivity index is 2.19. The molecule has 2 aliphatic heterocycles. The number of carboxylic acid groups (broad SMARTS) is 1. The number of carbonyl (C=O) groups is 2. The van der Waals surface area contributed by atoms with E-state index in [1.807, 2.05) is 0 Å². The summed E-state index contributed by atoms with van der Waals surface area (Å²) in [7, 11) is 0. The number of nitrogens with zero attached hydrogens (tertiary/aromatic N) is 1. The zero-order chi connectivity index (χ0) is 13.9. The van der Waals surface area contributed by atoms with E-state index in [-0.39, 0.29) is 40.3 Å². The zero-order valence-corrected chi connectivity index (χ0v) is 10.2. The van der Waals surface area contributed by atoms with Crippen molar-refractivity contribution in [2.24, 2.45) is 0 Å². The molecule has 1 saturated heterocycles. The van der Waals surface area contributed by atoms with Crippen molar-refractivity contribution in [3.63, 3.8) is 0 Å². The standard InChI is InChI=1S/C11H7NO6S/c13-4-1-5-12(4)7(11(17)18)3(2-19-5)6-8(14)10(16)9(6)15/h5,14H,1-2H2,(H,17,18). The molecule has 2 aliphatic rings. The lowest BCUT2D eigenvalue weighted by atomic mass is 9.97. The Morgan fingerprint density at radius 3 is 2.47 bits per heavy atom. The predicted octanol–water partition coefficient (Wildman–Crippen LogP) is -0.911. The number of aliphatic carboxylic acids is 1. The maximum atomic E-state index is 11.5. The van der Waals surface area contributed by atoms with E-state index >= 15 is 0 Å². The van der Waals surface area contributed by atoms with Gasteiger partial charge >= 0.3 is 5.97 Å². The van der Waals surface area contributed by atoms with Gasteiger partial charge in [-0.15, -0.1) is 11.8 Å². The molecular weight excluding hydrogens is 274 g/mol. The van der Waals surface area contributed by atoms with Gasteiger partial charge in [0.1, 0.15) is 5.70 Å². The number of β-lactam (4-membered cyclic amide) rings is 1. The first-order valence-electron chi connectivity index (χ1n) is 5.36. The number of rotatable bonds is 2. The molecule has 1 aromatic carbocycles. The molecule has 1 unspecified atom stereocenters. The number of carboxylic acids is 1. The molecule has 8 heteroatoms. The average Bonchev–Trinajstić information content (AvgIpc) is 2.37. The summed E-state index contributed by atoms with van der Waals surface area (Å²) in [6, 6.07) is 0. The van der Waals surface area contributed by atoms with Crippen molar-refractivity contribution in [3.05, 3.63) is 31.7 Å². The largest absolute Gasteiger partial charge is 0.503 e. The maximum Gasteiger partial charge on any atom is 0.352 e. The van der Waals surface area contributed by atoms with Gasteiger partial charge in [0.2, 0.25) is 11.3 Å². The van der Waals surface area contributed by atoms with E-state index in [1.54, 1.807) is 0 Å². The third-order valence-corrected chi connectivity index (χ3v) is 4.46. The first kappa shape index (κ1) is 12.0. The molecule has 1 fully saturated rings. The number of fused-ring (bicyclic) bond motifs is 1. The normalized spacial score (nSPS) is 22.4. The van der Waals surface area contributed by atoms with Gasteiger partial charge in [-0.1, -0.05) is 0 Å². The number of hydrogen-bond donors (Lipinski definition) is 2. The smallest absolute Gasteiger partial charge is 0.352 e. The minimum Gasteiger partial charge on any atom is -0.503 e.